The van der Waals surface area contributed by atoms with Gasteiger partial charge in [-0.25, -0.2) is 0 Å². The van der Waals surface area contributed by atoms with Crippen LogP contribution in [0.25, 0.3) is 0 Å². The van der Waals surface area contributed by atoms with Gasteiger partial charge in [0.15, 0.2) is 0 Å². The molecule has 3 aliphatic heterocycles. The van der Waals surface area contributed by atoms with Crippen LogP contribution in [0.3, 0.4) is 0 Å². The molecule has 170 valence electrons. The van der Waals surface area contributed by atoms with Crippen LogP contribution >= 0.6 is 0 Å². The summed E-state index contributed by atoms with van der Waals surface area (Å²) in [4.78, 5) is 33.7. The summed E-state index contributed by atoms with van der Waals surface area (Å²) >= 11 is 0. The smallest absolute Gasteiger partial charge is 0.225 e. The third-order valence-corrected chi connectivity index (χ3v) is 8.56. The molecule has 30 heavy (non-hydrogen) atoms. The molecule has 4 rings (SSSR count). The molecule has 4 fully saturated rings. The molecule has 0 N–H and O–H groups in total. The Morgan fingerprint density at radius 2 is 1.23 bits per heavy atom. The molecule has 0 aromatic heterocycles. The highest BCUT2D eigenvalue weighted by molar-refractivity contribution is 5.79. The van der Waals surface area contributed by atoms with E-state index >= 15 is 0 Å². The standard InChI is InChI=1S/C24H42N4O2/c1-21(29)27-13-9-24(10-14-27)7-11-25(12-8-24)15-16-26-17-19-28(20-18-26)23(30)22-5-3-2-4-6-22/h22H,2-20H2,1H3. The Labute approximate surface area is 182 Å². The molecule has 0 unspecified atom stereocenters. The molecule has 0 atom stereocenters. The highest BCUT2D eigenvalue weighted by atomic mass is 16.2. The summed E-state index contributed by atoms with van der Waals surface area (Å²) in [5, 5.41) is 0. The van der Waals surface area contributed by atoms with Crippen molar-refractivity contribution in [1.29, 1.82) is 0 Å². The molecule has 6 nitrogen and oxygen atoms in total. The number of rotatable bonds is 4. The number of piperazine rings is 1. The Kier molecular flexibility index (Phi) is 7.35. The fraction of sp³-hybridized carbons (Fsp3) is 0.917. The Hall–Kier alpha value is -1.14. The van der Waals surface area contributed by atoms with Gasteiger partial charge in [-0.1, -0.05) is 19.3 Å². The zero-order valence-corrected chi connectivity index (χ0v) is 19.1. The average Bonchev–Trinajstić information content (AvgIpc) is 2.79. The van der Waals surface area contributed by atoms with Crippen LogP contribution in [0.2, 0.25) is 0 Å². The van der Waals surface area contributed by atoms with E-state index in [-0.39, 0.29) is 5.91 Å². The van der Waals surface area contributed by atoms with Crippen LogP contribution in [0.4, 0.5) is 0 Å². The Bertz CT molecular complexity index is 578. The van der Waals surface area contributed by atoms with Gasteiger partial charge in [0, 0.05) is 65.2 Å². The summed E-state index contributed by atoms with van der Waals surface area (Å²) in [5.74, 6) is 0.989. The van der Waals surface area contributed by atoms with Crippen LogP contribution in [0, 0.1) is 11.3 Å². The number of nitrogens with zero attached hydrogens (tertiary/aromatic N) is 4. The van der Waals surface area contributed by atoms with Crippen LogP contribution in [0.5, 0.6) is 0 Å². The van der Waals surface area contributed by atoms with Gasteiger partial charge in [-0.3, -0.25) is 14.5 Å². The minimum atomic E-state index is 0.239. The lowest BCUT2D eigenvalue weighted by molar-refractivity contribution is -0.138. The Morgan fingerprint density at radius 3 is 1.80 bits per heavy atom. The molecule has 1 aliphatic carbocycles. The molecule has 0 aromatic rings. The predicted octanol–water partition coefficient (Wildman–Crippen LogP) is 2.44. The number of piperidine rings is 2. The maximum atomic E-state index is 12.7. The van der Waals surface area contributed by atoms with E-state index in [4.69, 9.17) is 0 Å². The van der Waals surface area contributed by atoms with Gasteiger partial charge in [-0.2, -0.15) is 0 Å². The maximum absolute atomic E-state index is 12.7. The largest absolute Gasteiger partial charge is 0.343 e. The highest BCUT2D eigenvalue weighted by Crippen LogP contribution is 2.41. The van der Waals surface area contributed by atoms with E-state index < -0.39 is 0 Å². The van der Waals surface area contributed by atoms with Gasteiger partial charge in [0.1, 0.15) is 0 Å². The topological polar surface area (TPSA) is 47.1 Å². The zero-order valence-electron chi connectivity index (χ0n) is 19.1. The average molecular weight is 419 g/mol. The molecule has 0 aromatic carbocycles. The van der Waals surface area contributed by atoms with Crippen molar-refractivity contribution in [1.82, 2.24) is 19.6 Å². The Morgan fingerprint density at radius 1 is 0.700 bits per heavy atom. The normalized spacial score (nSPS) is 26.8. The first-order valence-electron chi connectivity index (χ1n) is 12.5. The minimum Gasteiger partial charge on any atom is -0.343 e. The number of carbonyl (C=O) groups excluding carboxylic acids is 2. The second-order valence-electron chi connectivity index (χ2n) is 10.3. The monoisotopic (exact) mass is 418 g/mol. The molecule has 0 radical (unpaired) electrons. The van der Waals surface area contributed by atoms with Gasteiger partial charge >= 0.3 is 0 Å². The second kappa shape index (κ2) is 9.99. The molecular weight excluding hydrogens is 376 g/mol. The van der Waals surface area contributed by atoms with E-state index in [9.17, 15) is 9.59 Å². The SMILES string of the molecule is CC(=O)N1CCC2(CCN(CCN3CCN(C(=O)C4CCCCC4)CC3)CC2)CC1. The first kappa shape index (κ1) is 22.1. The lowest BCUT2D eigenvalue weighted by atomic mass is 9.71. The second-order valence-corrected chi connectivity index (χ2v) is 10.3. The van der Waals surface area contributed by atoms with Crippen LogP contribution < -0.4 is 0 Å². The number of hydrogen-bond donors (Lipinski definition) is 0. The van der Waals surface area contributed by atoms with Crippen LogP contribution in [0.15, 0.2) is 0 Å². The van der Waals surface area contributed by atoms with Crippen LogP contribution in [0.1, 0.15) is 64.7 Å². The van der Waals surface area contributed by atoms with Gasteiger partial charge in [0.25, 0.3) is 0 Å². The van der Waals surface area contributed by atoms with Gasteiger partial charge in [-0.05, 0) is 57.0 Å². The van der Waals surface area contributed by atoms with Crippen molar-refractivity contribution in [3.05, 3.63) is 0 Å². The van der Waals surface area contributed by atoms with Crippen molar-refractivity contribution >= 4 is 11.8 Å². The van der Waals surface area contributed by atoms with E-state index in [1.54, 1.807) is 6.92 Å². The first-order chi connectivity index (χ1) is 14.5. The molecule has 2 amide bonds. The number of hydrogen-bond acceptors (Lipinski definition) is 4. The lowest BCUT2D eigenvalue weighted by Crippen LogP contribution is -2.52. The van der Waals surface area contributed by atoms with E-state index in [2.05, 4.69) is 14.7 Å². The fourth-order valence-electron chi connectivity index (χ4n) is 6.13. The molecule has 4 aliphatic rings. The fourth-order valence-corrected chi connectivity index (χ4v) is 6.13. The van der Waals surface area contributed by atoms with Gasteiger partial charge in [0.05, 0.1) is 0 Å². The highest BCUT2D eigenvalue weighted by Gasteiger charge is 2.38. The van der Waals surface area contributed by atoms with E-state index in [1.807, 2.05) is 4.90 Å². The van der Waals surface area contributed by atoms with Crippen LogP contribution in [-0.4, -0.2) is 96.9 Å². The van der Waals surface area contributed by atoms with E-state index in [0.29, 0.717) is 17.2 Å². The quantitative estimate of drug-likeness (QED) is 0.704. The first-order valence-corrected chi connectivity index (χ1v) is 12.5. The summed E-state index contributed by atoms with van der Waals surface area (Å²) in [6, 6.07) is 0. The number of likely N-dealkylation sites (tertiary alicyclic amines) is 2. The van der Waals surface area contributed by atoms with Gasteiger partial charge < -0.3 is 14.7 Å². The molecule has 3 saturated heterocycles. The molecule has 1 saturated carbocycles. The lowest BCUT2D eigenvalue weighted by Gasteiger charge is -2.47. The van der Waals surface area contributed by atoms with E-state index in [0.717, 1.165) is 65.2 Å². The Balaban J connectivity index is 1.12. The molecule has 1 spiro atoms. The number of carbonyl (C=O) groups is 2. The summed E-state index contributed by atoms with van der Waals surface area (Å²) < 4.78 is 0. The van der Waals surface area contributed by atoms with Crippen molar-refractivity contribution in [2.24, 2.45) is 11.3 Å². The van der Waals surface area contributed by atoms with Gasteiger partial charge in [-0.15, -0.1) is 0 Å². The van der Waals surface area contributed by atoms with Crippen molar-refractivity contribution < 1.29 is 9.59 Å². The molecular formula is C24H42N4O2. The third kappa shape index (κ3) is 5.37. The number of amides is 2. The van der Waals surface area contributed by atoms with E-state index in [1.165, 1.54) is 58.0 Å². The maximum Gasteiger partial charge on any atom is 0.225 e. The zero-order chi connectivity index (χ0) is 21.0. The van der Waals surface area contributed by atoms with Crippen LogP contribution in [-0.2, 0) is 9.59 Å². The van der Waals surface area contributed by atoms with Crippen molar-refractivity contribution in [3.8, 4) is 0 Å². The van der Waals surface area contributed by atoms with Crippen molar-refractivity contribution in [2.75, 3.05) is 65.4 Å². The molecule has 3 heterocycles. The molecule has 0 bridgehead atoms. The summed E-state index contributed by atoms with van der Waals surface area (Å²) in [6.07, 6.45) is 11.0. The minimum absolute atomic E-state index is 0.239. The summed E-state index contributed by atoms with van der Waals surface area (Å²) in [5.41, 5.74) is 0.494. The predicted molar refractivity (Wildman–Crippen MR) is 119 cm³/mol. The summed E-state index contributed by atoms with van der Waals surface area (Å²) in [6.45, 7) is 12.2. The van der Waals surface area contributed by atoms with Gasteiger partial charge in [0.2, 0.25) is 11.8 Å². The molecule has 6 heteroatoms. The van der Waals surface area contributed by atoms with Crippen molar-refractivity contribution in [3.63, 3.8) is 0 Å². The van der Waals surface area contributed by atoms with Crippen molar-refractivity contribution in [2.45, 2.75) is 64.7 Å². The third-order valence-electron chi connectivity index (χ3n) is 8.56. The summed E-state index contributed by atoms with van der Waals surface area (Å²) in [7, 11) is 0.